The Morgan fingerprint density at radius 2 is 1.84 bits per heavy atom. The Bertz CT molecular complexity index is 751. The van der Waals surface area contributed by atoms with Gasteiger partial charge in [0.2, 0.25) is 5.91 Å². The highest BCUT2D eigenvalue weighted by atomic mass is 127. The number of nitrogens with zero attached hydrogens (tertiary/aromatic N) is 3. The van der Waals surface area contributed by atoms with Gasteiger partial charge in [0.25, 0.3) is 0 Å². The number of nitrogens with one attached hydrogen (secondary N) is 2. The molecule has 2 N–H and O–H groups in total. The van der Waals surface area contributed by atoms with E-state index < -0.39 is 11.7 Å². The molecule has 1 unspecified atom stereocenters. The van der Waals surface area contributed by atoms with E-state index in [4.69, 9.17) is 0 Å². The average Bonchev–Trinajstić information content (AvgIpc) is 3.40. The molecule has 10 heteroatoms. The van der Waals surface area contributed by atoms with Crippen molar-refractivity contribution in [2.45, 2.75) is 51.4 Å². The molecule has 2 aliphatic heterocycles. The molecule has 1 atom stereocenters. The summed E-state index contributed by atoms with van der Waals surface area (Å²) in [5, 5.41) is 6.66. The number of carbonyl (C=O) groups excluding carboxylic acids is 1. The molecule has 32 heavy (non-hydrogen) atoms. The Balaban J connectivity index is 0.00000363. The zero-order valence-electron chi connectivity index (χ0n) is 18.5. The van der Waals surface area contributed by atoms with E-state index in [1.807, 2.05) is 11.8 Å². The van der Waals surface area contributed by atoms with Crippen LogP contribution in [0.1, 0.15) is 43.7 Å². The minimum atomic E-state index is -4.30. The Kier molecular flexibility index (Phi) is 10.5. The lowest BCUT2D eigenvalue weighted by Gasteiger charge is -2.19. The summed E-state index contributed by atoms with van der Waals surface area (Å²) >= 11 is 0. The summed E-state index contributed by atoms with van der Waals surface area (Å²) in [6, 6.07) is 5.58. The summed E-state index contributed by atoms with van der Waals surface area (Å²) in [6.07, 6.45) is -0.783. The number of rotatable bonds is 7. The smallest absolute Gasteiger partial charge is 0.357 e. The molecule has 0 radical (unpaired) electrons. The van der Waals surface area contributed by atoms with Gasteiger partial charge in [0, 0.05) is 51.7 Å². The quantitative estimate of drug-likeness (QED) is 0.301. The molecule has 0 bridgehead atoms. The number of hydrogen-bond donors (Lipinski definition) is 2. The molecule has 1 aromatic rings. The highest BCUT2D eigenvalue weighted by Gasteiger charge is 2.30. The number of hydrogen-bond acceptors (Lipinski definition) is 3. The fraction of sp³-hybridized carbons (Fsp3) is 0.636. The van der Waals surface area contributed by atoms with Crippen LogP contribution in [-0.2, 0) is 17.5 Å². The number of amides is 1. The van der Waals surface area contributed by atoms with Crippen LogP contribution >= 0.6 is 24.0 Å². The van der Waals surface area contributed by atoms with Crippen LogP contribution in [0.15, 0.2) is 29.3 Å². The van der Waals surface area contributed by atoms with Gasteiger partial charge in [-0.2, -0.15) is 13.2 Å². The zero-order chi connectivity index (χ0) is 22.3. The minimum Gasteiger partial charge on any atom is -0.357 e. The second kappa shape index (κ2) is 12.6. The van der Waals surface area contributed by atoms with Crippen LogP contribution < -0.4 is 10.6 Å². The molecular weight excluding hydrogens is 534 g/mol. The summed E-state index contributed by atoms with van der Waals surface area (Å²) in [6.45, 7) is 7.17. The van der Waals surface area contributed by atoms with Gasteiger partial charge >= 0.3 is 6.18 Å². The fourth-order valence-corrected chi connectivity index (χ4v) is 4.05. The Morgan fingerprint density at radius 3 is 2.47 bits per heavy atom. The predicted molar refractivity (Wildman–Crippen MR) is 130 cm³/mol. The summed E-state index contributed by atoms with van der Waals surface area (Å²) in [5.41, 5.74) is 0.251. The SMILES string of the molecule is CCNC(=NCCC(=O)N1CCCC1)NC1CCN(Cc2ccc(C(F)(F)F)cc2)C1.I. The Morgan fingerprint density at radius 1 is 1.16 bits per heavy atom. The van der Waals surface area contributed by atoms with Gasteiger partial charge in [-0.05, 0) is 43.9 Å². The maximum Gasteiger partial charge on any atom is 0.416 e. The number of guanidine groups is 1. The third-order valence-corrected chi connectivity index (χ3v) is 5.70. The average molecular weight is 567 g/mol. The van der Waals surface area contributed by atoms with E-state index >= 15 is 0 Å². The van der Waals surface area contributed by atoms with Crippen molar-refractivity contribution < 1.29 is 18.0 Å². The normalized spacial score (nSPS) is 19.7. The summed E-state index contributed by atoms with van der Waals surface area (Å²) < 4.78 is 38.1. The summed E-state index contributed by atoms with van der Waals surface area (Å²) in [7, 11) is 0. The van der Waals surface area contributed by atoms with Crippen molar-refractivity contribution >= 4 is 35.8 Å². The first-order valence-corrected chi connectivity index (χ1v) is 11.1. The first kappa shape index (κ1) is 26.7. The van der Waals surface area contributed by atoms with Crippen LogP contribution in [0.4, 0.5) is 13.2 Å². The van der Waals surface area contributed by atoms with Crippen molar-refractivity contribution in [2.75, 3.05) is 39.3 Å². The van der Waals surface area contributed by atoms with E-state index in [0.717, 1.165) is 69.7 Å². The molecule has 2 saturated heterocycles. The van der Waals surface area contributed by atoms with Gasteiger partial charge in [-0.3, -0.25) is 14.7 Å². The van der Waals surface area contributed by atoms with Gasteiger partial charge in [0.1, 0.15) is 0 Å². The van der Waals surface area contributed by atoms with Crippen molar-refractivity contribution in [1.29, 1.82) is 0 Å². The number of alkyl halides is 3. The van der Waals surface area contributed by atoms with Crippen LogP contribution in [0.3, 0.4) is 0 Å². The maximum atomic E-state index is 12.7. The van der Waals surface area contributed by atoms with Gasteiger partial charge in [-0.1, -0.05) is 12.1 Å². The zero-order valence-corrected chi connectivity index (χ0v) is 20.8. The van der Waals surface area contributed by atoms with Crippen LogP contribution in [-0.4, -0.2) is 67.0 Å². The Hall–Kier alpha value is -1.56. The molecule has 180 valence electrons. The van der Waals surface area contributed by atoms with Crippen LogP contribution in [0, 0.1) is 0 Å². The first-order chi connectivity index (χ1) is 14.8. The highest BCUT2D eigenvalue weighted by molar-refractivity contribution is 14.0. The van der Waals surface area contributed by atoms with Crippen molar-refractivity contribution in [3.05, 3.63) is 35.4 Å². The van der Waals surface area contributed by atoms with E-state index in [1.54, 1.807) is 12.1 Å². The lowest BCUT2D eigenvalue weighted by Crippen LogP contribution is -2.44. The van der Waals surface area contributed by atoms with Crippen LogP contribution in [0.5, 0.6) is 0 Å². The molecule has 0 aliphatic carbocycles. The van der Waals surface area contributed by atoms with Crippen LogP contribution in [0.2, 0.25) is 0 Å². The molecule has 2 aliphatic rings. The lowest BCUT2D eigenvalue weighted by atomic mass is 10.1. The number of halogens is 4. The largest absolute Gasteiger partial charge is 0.416 e. The number of benzene rings is 1. The summed E-state index contributed by atoms with van der Waals surface area (Å²) in [4.78, 5) is 20.9. The van der Waals surface area contributed by atoms with E-state index in [9.17, 15) is 18.0 Å². The molecule has 6 nitrogen and oxygen atoms in total. The van der Waals surface area contributed by atoms with Gasteiger partial charge in [0.05, 0.1) is 12.1 Å². The van der Waals surface area contributed by atoms with Gasteiger partial charge in [-0.25, -0.2) is 0 Å². The molecular formula is C22H33F3IN5O. The van der Waals surface area contributed by atoms with Crippen molar-refractivity contribution in [2.24, 2.45) is 4.99 Å². The highest BCUT2D eigenvalue weighted by Crippen LogP contribution is 2.29. The topological polar surface area (TPSA) is 60.0 Å². The molecule has 1 amide bonds. The molecule has 3 rings (SSSR count). The maximum absolute atomic E-state index is 12.7. The van der Waals surface area contributed by atoms with E-state index in [2.05, 4.69) is 20.5 Å². The van der Waals surface area contributed by atoms with E-state index in [-0.39, 0.29) is 35.9 Å². The fourth-order valence-electron chi connectivity index (χ4n) is 4.05. The van der Waals surface area contributed by atoms with Crippen LogP contribution in [0.25, 0.3) is 0 Å². The number of carbonyl (C=O) groups is 1. The van der Waals surface area contributed by atoms with E-state index in [0.29, 0.717) is 25.5 Å². The standard InChI is InChI=1S/C22H32F3N5O.HI/c1-2-26-21(27-11-9-20(31)30-12-3-4-13-30)28-19-10-14-29(16-19)15-17-5-7-18(8-6-17)22(23,24)25;/h5-8,19H,2-4,9-16H2,1H3,(H2,26,27,28);1H. The number of likely N-dealkylation sites (tertiary alicyclic amines) is 2. The molecule has 2 heterocycles. The summed E-state index contributed by atoms with van der Waals surface area (Å²) in [5.74, 6) is 0.874. The van der Waals surface area contributed by atoms with Crippen molar-refractivity contribution in [3.63, 3.8) is 0 Å². The second-order valence-corrected chi connectivity index (χ2v) is 8.16. The minimum absolute atomic E-state index is 0. The first-order valence-electron chi connectivity index (χ1n) is 11.1. The lowest BCUT2D eigenvalue weighted by molar-refractivity contribution is -0.137. The van der Waals surface area contributed by atoms with E-state index in [1.165, 1.54) is 0 Å². The molecule has 2 fully saturated rings. The molecule has 1 aromatic carbocycles. The third kappa shape index (κ3) is 8.09. The predicted octanol–water partition coefficient (Wildman–Crippen LogP) is 3.47. The van der Waals surface area contributed by atoms with Crippen molar-refractivity contribution in [3.8, 4) is 0 Å². The van der Waals surface area contributed by atoms with Gasteiger partial charge < -0.3 is 15.5 Å². The Labute approximate surface area is 205 Å². The molecule has 0 aromatic heterocycles. The van der Waals surface area contributed by atoms with Gasteiger partial charge in [-0.15, -0.1) is 24.0 Å². The van der Waals surface area contributed by atoms with Crippen molar-refractivity contribution in [1.82, 2.24) is 20.4 Å². The molecule has 0 spiro atoms. The number of aliphatic imine (C=N–C) groups is 1. The second-order valence-electron chi connectivity index (χ2n) is 8.16. The van der Waals surface area contributed by atoms with Gasteiger partial charge in [0.15, 0.2) is 5.96 Å². The molecule has 0 saturated carbocycles. The monoisotopic (exact) mass is 567 g/mol. The third-order valence-electron chi connectivity index (χ3n) is 5.70.